The van der Waals surface area contributed by atoms with Gasteiger partial charge in [-0.25, -0.2) is 18.4 Å². The summed E-state index contributed by atoms with van der Waals surface area (Å²) >= 11 is 13.3. The first-order valence-electron chi connectivity index (χ1n) is 15.2. The van der Waals surface area contributed by atoms with Gasteiger partial charge < -0.3 is 19.5 Å². The number of aromatic nitrogens is 3. The average Bonchev–Trinajstić information content (AvgIpc) is 3.75. The van der Waals surface area contributed by atoms with Crippen LogP contribution in [0, 0.1) is 6.92 Å². The molecule has 2 aromatic carbocycles. The predicted octanol–water partition coefficient (Wildman–Crippen LogP) is 5.37. The molecule has 2 aliphatic rings. The van der Waals surface area contributed by atoms with Crippen LogP contribution >= 0.6 is 23.2 Å². The SMILES string of the molecule is Cc1cc(-n2ccnc2)c2cccc(OCc3c(Cl)ccc(S(=O)(=O)N4CCCC4C(=O)NCCN4CCCCC4)c3Cl)c2n1. The molecule has 45 heavy (non-hydrogen) atoms. The van der Waals surface area contributed by atoms with Gasteiger partial charge in [-0.1, -0.05) is 41.8 Å². The molecule has 2 saturated heterocycles. The highest BCUT2D eigenvalue weighted by molar-refractivity contribution is 7.89. The molecule has 10 nitrogen and oxygen atoms in total. The fraction of sp³-hybridized carbons (Fsp3) is 0.406. The summed E-state index contributed by atoms with van der Waals surface area (Å²) in [4.78, 5) is 24.3. The lowest BCUT2D eigenvalue weighted by Crippen LogP contribution is -2.47. The Morgan fingerprint density at radius 1 is 1.09 bits per heavy atom. The van der Waals surface area contributed by atoms with E-state index >= 15 is 0 Å². The van der Waals surface area contributed by atoms with E-state index in [9.17, 15) is 13.2 Å². The van der Waals surface area contributed by atoms with E-state index in [0.717, 1.165) is 36.4 Å². The van der Waals surface area contributed by atoms with Gasteiger partial charge >= 0.3 is 0 Å². The van der Waals surface area contributed by atoms with Crippen LogP contribution in [0.25, 0.3) is 16.6 Å². The van der Waals surface area contributed by atoms with Crippen LogP contribution in [-0.2, 0) is 21.4 Å². The van der Waals surface area contributed by atoms with Crippen LogP contribution in [0.4, 0.5) is 0 Å². The number of carbonyl (C=O) groups excluding carboxylic acids is 1. The summed E-state index contributed by atoms with van der Waals surface area (Å²) in [6, 6.07) is 9.69. The molecule has 2 fully saturated rings. The molecule has 4 aromatic rings. The zero-order valence-electron chi connectivity index (χ0n) is 25.1. The highest BCUT2D eigenvalue weighted by atomic mass is 35.5. The number of carbonyl (C=O) groups is 1. The van der Waals surface area contributed by atoms with Crippen molar-refractivity contribution in [3.63, 3.8) is 0 Å². The summed E-state index contributed by atoms with van der Waals surface area (Å²) in [5, 5.41) is 4.07. The first-order valence-corrected chi connectivity index (χ1v) is 17.4. The summed E-state index contributed by atoms with van der Waals surface area (Å²) in [5.74, 6) is 0.217. The molecule has 1 unspecified atom stereocenters. The molecule has 1 atom stereocenters. The number of benzene rings is 2. The van der Waals surface area contributed by atoms with Crippen LogP contribution in [0.2, 0.25) is 10.0 Å². The Bertz CT molecular complexity index is 1800. The molecule has 0 radical (unpaired) electrons. The third kappa shape index (κ3) is 6.69. The molecule has 0 aliphatic carbocycles. The van der Waals surface area contributed by atoms with Crippen LogP contribution in [0.15, 0.2) is 60.0 Å². The number of piperidine rings is 1. The summed E-state index contributed by atoms with van der Waals surface area (Å²) in [6.45, 7) is 5.36. The molecule has 1 amide bonds. The zero-order chi connectivity index (χ0) is 31.6. The number of hydrogen-bond donors (Lipinski definition) is 1. The van der Waals surface area contributed by atoms with Crippen LogP contribution in [-0.4, -0.2) is 76.8 Å². The zero-order valence-corrected chi connectivity index (χ0v) is 27.4. The van der Waals surface area contributed by atoms with Crippen molar-refractivity contribution in [3.8, 4) is 11.4 Å². The minimum atomic E-state index is -4.11. The number of ether oxygens (including phenoxy) is 1. The Hall–Kier alpha value is -3.22. The Kier molecular flexibility index (Phi) is 9.62. The van der Waals surface area contributed by atoms with E-state index < -0.39 is 16.1 Å². The lowest BCUT2D eigenvalue weighted by molar-refractivity contribution is -0.124. The second-order valence-electron chi connectivity index (χ2n) is 11.5. The molecular formula is C32H36Cl2N6O4S. The van der Waals surface area contributed by atoms with E-state index in [0.29, 0.717) is 36.2 Å². The molecular weight excluding hydrogens is 635 g/mol. The van der Waals surface area contributed by atoms with E-state index in [4.69, 9.17) is 32.9 Å². The van der Waals surface area contributed by atoms with E-state index in [1.807, 2.05) is 35.9 Å². The number of fused-ring (bicyclic) bond motifs is 1. The van der Waals surface area contributed by atoms with Crippen molar-refractivity contribution >= 4 is 50.0 Å². The molecule has 2 aromatic heterocycles. The second-order valence-corrected chi connectivity index (χ2v) is 14.1. The van der Waals surface area contributed by atoms with Crippen molar-refractivity contribution in [3.05, 3.63) is 76.4 Å². The first kappa shape index (κ1) is 31.7. The minimum Gasteiger partial charge on any atom is -0.487 e. The van der Waals surface area contributed by atoms with Crippen LogP contribution in [0.5, 0.6) is 5.75 Å². The molecule has 0 saturated carbocycles. The third-order valence-electron chi connectivity index (χ3n) is 8.48. The van der Waals surface area contributed by atoms with Gasteiger partial charge in [0.05, 0.1) is 17.0 Å². The van der Waals surface area contributed by atoms with Gasteiger partial charge in [-0.3, -0.25) is 4.79 Å². The number of nitrogens with one attached hydrogen (secondary N) is 1. The molecule has 13 heteroatoms. The number of pyridine rings is 1. The smallest absolute Gasteiger partial charge is 0.245 e. The summed E-state index contributed by atoms with van der Waals surface area (Å²) in [7, 11) is -4.11. The maximum atomic E-state index is 13.9. The van der Waals surface area contributed by atoms with Gasteiger partial charge in [-0.05, 0) is 70.0 Å². The maximum Gasteiger partial charge on any atom is 0.245 e. The van der Waals surface area contributed by atoms with Crippen molar-refractivity contribution in [1.29, 1.82) is 0 Å². The molecule has 2 aliphatic heterocycles. The van der Waals surface area contributed by atoms with Gasteiger partial charge in [0.1, 0.15) is 28.8 Å². The van der Waals surface area contributed by atoms with Gasteiger partial charge in [0.15, 0.2) is 0 Å². The molecule has 6 rings (SSSR count). The van der Waals surface area contributed by atoms with Crippen molar-refractivity contribution in [2.75, 3.05) is 32.7 Å². The van der Waals surface area contributed by atoms with Crippen molar-refractivity contribution in [2.24, 2.45) is 0 Å². The number of nitrogens with zero attached hydrogens (tertiary/aromatic N) is 5. The van der Waals surface area contributed by atoms with Gasteiger partial charge in [-0.2, -0.15) is 4.31 Å². The lowest BCUT2D eigenvalue weighted by atomic mass is 10.1. The largest absolute Gasteiger partial charge is 0.487 e. The van der Waals surface area contributed by atoms with E-state index in [1.165, 1.54) is 35.7 Å². The third-order valence-corrected chi connectivity index (χ3v) is 11.3. The quantitative estimate of drug-likeness (QED) is 0.242. The molecule has 1 N–H and O–H groups in total. The number of likely N-dealkylation sites (tertiary alicyclic amines) is 1. The maximum absolute atomic E-state index is 13.9. The fourth-order valence-electron chi connectivity index (χ4n) is 6.17. The average molecular weight is 672 g/mol. The molecule has 4 heterocycles. The van der Waals surface area contributed by atoms with Crippen molar-refractivity contribution in [2.45, 2.75) is 56.6 Å². The highest BCUT2D eigenvalue weighted by Crippen LogP contribution is 2.37. The fourth-order valence-corrected chi connectivity index (χ4v) is 8.69. The Labute approximate surface area is 273 Å². The Morgan fingerprint density at radius 3 is 2.69 bits per heavy atom. The van der Waals surface area contributed by atoms with E-state index in [2.05, 4.69) is 15.2 Å². The number of para-hydroxylation sites is 1. The number of hydrogen-bond acceptors (Lipinski definition) is 7. The van der Waals surface area contributed by atoms with Crippen LogP contribution in [0.1, 0.15) is 43.4 Å². The number of aryl methyl sites for hydroxylation is 1. The normalized spacial score (nSPS) is 18.0. The molecule has 0 bridgehead atoms. The summed E-state index contributed by atoms with van der Waals surface area (Å²) in [5.41, 5.74) is 2.67. The lowest BCUT2D eigenvalue weighted by Gasteiger charge is -2.27. The van der Waals surface area contributed by atoms with E-state index in [-0.39, 0.29) is 34.0 Å². The minimum absolute atomic E-state index is 0.0258. The Morgan fingerprint density at radius 2 is 1.91 bits per heavy atom. The van der Waals surface area contributed by atoms with Crippen molar-refractivity contribution < 1.29 is 17.9 Å². The number of imidazole rings is 1. The Balaban J connectivity index is 1.21. The van der Waals surface area contributed by atoms with Crippen LogP contribution in [0.3, 0.4) is 0 Å². The van der Waals surface area contributed by atoms with Crippen LogP contribution < -0.4 is 10.1 Å². The number of rotatable bonds is 10. The number of amides is 1. The molecule has 238 valence electrons. The number of halogens is 2. The van der Waals surface area contributed by atoms with E-state index in [1.54, 1.807) is 18.6 Å². The van der Waals surface area contributed by atoms with Gasteiger partial charge in [0, 0.05) is 53.7 Å². The first-order chi connectivity index (χ1) is 21.7. The summed E-state index contributed by atoms with van der Waals surface area (Å²) in [6.07, 6.45) is 9.90. The molecule has 0 spiro atoms. The topological polar surface area (TPSA) is 110 Å². The van der Waals surface area contributed by atoms with Crippen molar-refractivity contribution in [1.82, 2.24) is 29.1 Å². The van der Waals surface area contributed by atoms with Gasteiger partial charge in [-0.15, -0.1) is 0 Å². The van der Waals surface area contributed by atoms with Gasteiger partial charge in [0.25, 0.3) is 0 Å². The highest BCUT2D eigenvalue weighted by Gasteiger charge is 2.40. The number of sulfonamides is 1. The van der Waals surface area contributed by atoms with Gasteiger partial charge in [0.2, 0.25) is 15.9 Å². The summed E-state index contributed by atoms with van der Waals surface area (Å²) < 4.78 is 37.3. The second kappa shape index (κ2) is 13.6. The monoisotopic (exact) mass is 670 g/mol. The predicted molar refractivity (Wildman–Crippen MR) is 175 cm³/mol. The standard InChI is InChI=1S/C32H36Cl2N6O4S/c1-22-19-27(39-18-12-35-21-39)23-7-5-9-28(31(23)37-22)44-20-24-25(33)10-11-29(30(24)34)45(42,43)40-16-6-8-26(40)32(41)36-13-17-38-14-3-2-4-15-38/h5,7,9-12,18-19,21,26H,2-4,6,8,13-17,20H2,1H3,(H,36,41).